The van der Waals surface area contributed by atoms with Gasteiger partial charge in [0.05, 0.1) is 23.2 Å². The summed E-state index contributed by atoms with van der Waals surface area (Å²) in [4.78, 5) is 27.2. The van der Waals surface area contributed by atoms with Gasteiger partial charge in [-0.05, 0) is 86.3 Å². The number of nitrogens with zero attached hydrogens (tertiary/aromatic N) is 5. The number of esters is 1. The summed E-state index contributed by atoms with van der Waals surface area (Å²) in [5.74, 6) is 1.43. The van der Waals surface area contributed by atoms with Gasteiger partial charge in [0.25, 0.3) is 0 Å². The molecule has 0 radical (unpaired) electrons. The van der Waals surface area contributed by atoms with Gasteiger partial charge in [0.2, 0.25) is 5.91 Å². The molecule has 1 aromatic heterocycles. The molecular formula is C25H29N5O3. The number of cyclic esters (lactones) is 1. The molecule has 1 spiro atoms. The lowest BCUT2D eigenvalue weighted by molar-refractivity contribution is -0.138. The summed E-state index contributed by atoms with van der Waals surface area (Å²) in [5.41, 5.74) is 4.88. The lowest BCUT2D eigenvalue weighted by Gasteiger charge is -2.36. The quantitative estimate of drug-likeness (QED) is 0.570. The molecule has 1 saturated heterocycles. The minimum Gasteiger partial charge on any atom is -0.456 e. The fraction of sp³-hybridized carbons (Fsp3) is 0.560. The van der Waals surface area contributed by atoms with Crippen LogP contribution in [0.1, 0.15) is 63.5 Å². The van der Waals surface area contributed by atoms with Gasteiger partial charge >= 0.3 is 5.97 Å². The maximum atomic E-state index is 13.5. The Morgan fingerprint density at radius 1 is 1.21 bits per heavy atom. The summed E-state index contributed by atoms with van der Waals surface area (Å²) in [7, 11) is 0. The Hall–Kier alpha value is -3.03. The van der Waals surface area contributed by atoms with E-state index >= 15 is 0 Å². The number of likely N-dealkylation sites (tertiary alicyclic amines) is 1. The zero-order valence-electron chi connectivity index (χ0n) is 19.2. The van der Waals surface area contributed by atoms with E-state index in [0.29, 0.717) is 11.5 Å². The fourth-order valence-corrected chi connectivity index (χ4v) is 6.43. The number of carbonyl (C=O) groups excluding carboxylic acids is 2. The van der Waals surface area contributed by atoms with Crippen LogP contribution in [0.4, 0.5) is 0 Å². The van der Waals surface area contributed by atoms with E-state index < -0.39 is 0 Å². The Kier molecular flexibility index (Phi) is 4.67. The predicted octanol–water partition coefficient (Wildman–Crippen LogP) is 3.26. The molecule has 0 N–H and O–H groups in total. The number of benzene rings is 1. The van der Waals surface area contributed by atoms with Gasteiger partial charge in [0.15, 0.2) is 5.82 Å². The second-order valence-electron chi connectivity index (χ2n) is 10.3. The zero-order valence-corrected chi connectivity index (χ0v) is 19.2. The maximum Gasteiger partial charge on any atom is 0.336 e. The van der Waals surface area contributed by atoms with E-state index in [9.17, 15) is 9.59 Å². The third-order valence-electron chi connectivity index (χ3n) is 8.34. The number of amides is 1. The molecule has 1 atom stereocenters. The number of tetrazole rings is 1. The van der Waals surface area contributed by atoms with Gasteiger partial charge < -0.3 is 9.64 Å². The largest absolute Gasteiger partial charge is 0.456 e. The second kappa shape index (κ2) is 7.50. The SMILES string of the molecule is CC1=C(N2C(=O)C3(CCC(CCc4ccc5c(c4)Cn4nnnc4-5)CC3)C[C@@H]2C)COC1=O. The van der Waals surface area contributed by atoms with Crippen LogP contribution in [0.5, 0.6) is 0 Å². The summed E-state index contributed by atoms with van der Waals surface area (Å²) in [6, 6.07) is 6.77. The van der Waals surface area contributed by atoms with Crippen molar-refractivity contribution in [1.29, 1.82) is 0 Å². The smallest absolute Gasteiger partial charge is 0.336 e. The van der Waals surface area contributed by atoms with Gasteiger partial charge in [-0.15, -0.1) is 5.10 Å². The van der Waals surface area contributed by atoms with Crippen LogP contribution in [0.25, 0.3) is 11.4 Å². The van der Waals surface area contributed by atoms with Gasteiger partial charge in [-0.2, -0.15) is 0 Å². The van der Waals surface area contributed by atoms with Crippen molar-refractivity contribution in [1.82, 2.24) is 25.1 Å². The molecule has 3 aliphatic heterocycles. The summed E-state index contributed by atoms with van der Waals surface area (Å²) >= 11 is 0. The molecule has 0 unspecified atom stereocenters. The van der Waals surface area contributed by atoms with Gasteiger partial charge in [-0.1, -0.05) is 18.2 Å². The molecule has 4 aliphatic rings. The highest BCUT2D eigenvalue weighted by Gasteiger charge is 2.53. The minimum atomic E-state index is -0.293. The van der Waals surface area contributed by atoms with Gasteiger partial charge in [-0.25, -0.2) is 9.48 Å². The van der Waals surface area contributed by atoms with E-state index in [2.05, 4.69) is 40.6 Å². The first-order chi connectivity index (χ1) is 15.9. The van der Waals surface area contributed by atoms with E-state index in [-0.39, 0.29) is 29.9 Å². The van der Waals surface area contributed by atoms with Crippen LogP contribution in [0.2, 0.25) is 0 Å². The topological polar surface area (TPSA) is 90.2 Å². The van der Waals surface area contributed by atoms with Crippen LogP contribution in [0.3, 0.4) is 0 Å². The van der Waals surface area contributed by atoms with Crippen molar-refractivity contribution in [3.8, 4) is 11.4 Å². The highest BCUT2D eigenvalue weighted by molar-refractivity contribution is 5.94. The first-order valence-corrected chi connectivity index (χ1v) is 12.0. The third-order valence-corrected chi connectivity index (χ3v) is 8.34. The number of rotatable bonds is 4. The molecule has 1 amide bonds. The number of fused-ring (bicyclic) bond motifs is 3. The van der Waals surface area contributed by atoms with Crippen LogP contribution in [-0.2, 0) is 27.3 Å². The average molecular weight is 448 g/mol. The Morgan fingerprint density at radius 3 is 2.79 bits per heavy atom. The van der Waals surface area contributed by atoms with Gasteiger partial charge in [0, 0.05) is 11.6 Å². The van der Waals surface area contributed by atoms with Crippen molar-refractivity contribution in [3.63, 3.8) is 0 Å². The Bertz CT molecular complexity index is 1170. The highest BCUT2D eigenvalue weighted by Crippen LogP contribution is 2.50. The van der Waals surface area contributed by atoms with Crippen molar-refractivity contribution < 1.29 is 14.3 Å². The number of carbonyl (C=O) groups is 2. The monoisotopic (exact) mass is 447 g/mol. The number of hydrogen-bond acceptors (Lipinski definition) is 6. The lowest BCUT2D eigenvalue weighted by atomic mass is 9.68. The van der Waals surface area contributed by atoms with Crippen molar-refractivity contribution in [2.24, 2.45) is 11.3 Å². The molecule has 172 valence electrons. The standard InChI is InChI=1S/C25H29N5O3/c1-15-12-25(24(32)30(15)21-14-33-23(31)16(21)2)9-7-17(8-10-25)3-4-18-5-6-20-19(11-18)13-29-22(20)26-27-28-29/h5-6,11,15,17H,3-4,7-10,12-14H2,1-2H3/t15-,17?,25?/m0/s1. The molecule has 1 aromatic carbocycles. The van der Waals surface area contributed by atoms with Crippen LogP contribution < -0.4 is 0 Å². The number of hydrogen-bond donors (Lipinski definition) is 0. The average Bonchev–Trinajstić information content (AvgIpc) is 3.53. The highest BCUT2D eigenvalue weighted by atomic mass is 16.5. The normalized spacial score (nSPS) is 28.6. The minimum absolute atomic E-state index is 0.124. The maximum absolute atomic E-state index is 13.5. The number of aromatic nitrogens is 4. The first-order valence-electron chi connectivity index (χ1n) is 12.0. The van der Waals surface area contributed by atoms with Gasteiger partial charge in [0.1, 0.15) is 6.61 Å². The van der Waals surface area contributed by atoms with E-state index in [4.69, 9.17) is 4.74 Å². The molecule has 2 fully saturated rings. The summed E-state index contributed by atoms with van der Waals surface area (Å²) in [5, 5.41) is 11.9. The number of aryl methyl sites for hydroxylation is 1. The summed E-state index contributed by atoms with van der Waals surface area (Å²) in [6.45, 7) is 4.86. The molecule has 4 heterocycles. The Labute approximate surface area is 193 Å². The van der Waals surface area contributed by atoms with Gasteiger partial charge in [-0.3, -0.25) is 4.79 Å². The van der Waals surface area contributed by atoms with E-state index in [1.807, 2.05) is 9.58 Å². The summed E-state index contributed by atoms with van der Waals surface area (Å²) < 4.78 is 7.03. The van der Waals surface area contributed by atoms with E-state index in [1.165, 1.54) is 11.1 Å². The van der Waals surface area contributed by atoms with E-state index in [1.54, 1.807) is 6.92 Å². The van der Waals surface area contributed by atoms with Crippen molar-refractivity contribution in [3.05, 3.63) is 40.6 Å². The summed E-state index contributed by atoms with van der Waals surface area (Å²) in [6.07, 6.45) is 7.17. The van der Waals surface area contributed by atoms with Crippen LogP contribution in [0.15, 0.2) is 29.5 Å². The lowest BCUT2D eigenvalue weighted by Crippen LogP contribution is -2.38. The molecule has 1 saturated carbocycles. The Balaban J connectivity index is 1.08. The predicted molar refractivity (Wildman–Crippen MR) is 120 cm³/mol. The molecule has 8 nitrogen and oxygen atoms in total. The third kappa shape index (κ3) is 3.21. The van der Waals surface area contributed by atoms with Crippen molar-refractivity contribution >= 4 is 11.9 Å². The molecule has 33 heavy (non-hydrogen) atoms. The molecule has 6 rings (SSSR count). The number of ether oxygens (including phenoxy) is 1. The molecule has 8 heteroatoms. The molecule has 2 aromatic rings. The zero-order chi connectivity index (χ0) is 22.7. The first kappa shape index (κ1) is 20.6. The second-order valence-corrected chi connectivity index (χ2v) is 10.3. The molecule has 0 bridgehead atoms. The molecule has 1 aliphatic carbocycles. The van der Waals surface area contributed by atoms with Crippen LogP contribution >= 0.6 is 0 Å². The van der Waals surface area contributed by atoms with Crippen molar-refractivity contribution in [2.75, 3.05) is 6.61 Å². The Morgan fingerprint density at radius 2 is 2.03 bits per heavy atom. The van der Waals surface area contributed by atoms with Crippen molar-refractivity contribution in [2.45, 2.75) is 71.4 Å². The van der Waals surface area contributed by atoms with Crippen LogP contribution in [0, 0.1) is 11.3 Å². The van der Waals surface area contributed by atoms with E-state index in [0.717, 1.165) is 68.6 Å². The van der Waals surface area contributed by atoms with Crippen LogP contribution in [-0.4, -0.2) is 49.6 Å². The fourth-order valence-electron chi connectivity index (χ4n) is 6.43. The molecular weight excluding hydrogens is 418 g/mol.